The monoisotopic (exact) mass is 228 g/mol. The highest BCUT2D eigenvalue weighted by Gasteiger charge is 2.08. The van der Waals surface area contributed by atoms with E-state index in [9.17, 15) is 9.50 Å². The second-order valence-electron chi connectivity index (χ2n) is 3.73. The SMILES string of the molecule is Oc1cc(F)ccc1-c1cccc2nccn12. The highest BCUT2D eigenvalue weighted by Crippen LogP contribution is 2.29. The van der Waals surface area contributed by atoms with Gasteiger partial charge in [0.1, 0.15) is 17.2 Å². The molecule has 0 saturated heterocycles. The summed E-state index contributed by atoms with van der Waals surface area (Å²) in [5.74, 6) is -0.532. The van der Waals surface area contributed by atoms with E-state index in [4.69, 9.17) is 0 Å². The molecule has 0 saturated carbocycles. The van der Waals surface area contributed by atoms with E-state index in [1.165, 1.54) is 6.07 Å². The number of pyridine rings is 1. The molecule has 0 radical (unpaired) electrons. The summed E-state index contributed by atoms with van der Waals surface area (Å²) in [6.45, 7) is 0. The summed E-state index contributed by atoms with van der Waals surface area (Å²) >= 11 is 0. The lowest BCUT2D eigenvalue weighted by Crippen LogP contribution is -1.91. The summed E-state index contributed by atoms with van der Waals surface area (Å²) in [5.41, 5.74) is 2.14. The van der Waals surface area contributed by atoms with Crippen LogP contribution in [0, 0.1) is 5.82 Å². The van der Waals surface area contributed by atoms with E-state index in [0.717, 1.165) is 17.4 Å². The lowest BCUT2D eigenvalue weighted by atomic mass is 10.1. The first kappa shape index (κ1) is 9.84. The molecule has 0 fully saturated rings. The highest BCUT2D eigenvalue weighted by atomic mass is 19.1. The number of hydrogen-bond donors (Lipinski definition) is 1. The number of nitrogens with zero attached hydrogens (tertiary/aromatic N) is 2. The van der Waals surface area contributed by atoms with Crippen LogP contribution in [-0.2, 0) is 0 Å². The molecule has 2 aromatic heterocycles. The van der Waals surface area contributed by atoms with Gasteiger partial charge in [0.2, 0.25) is 0 Å². The Morgan fingerprint density at radius 2 is 2.06 bits per heavy atom. The fraction of sp³-hybridized carbons (Fsp3) is 0. The number of rotatable bonds is 1. The molecule has 3 aromatic rings. The van der Waals surface area contributed by atoms with Crippen LogP contribution in [0.15, 0.2) is 48.8 Å². The standard InChI is InChI=1S/C13H9FN2O/c14-9-4-5-10(12(17)8-9)11-2-1-3-13-15-6-7-16(11)13/h1-8,17H. The minimum absolute atomic E-state index is 0.0776. The summed E-state index contributed by atoms with van der Waals surface area (Å²) in [4.78, 5) is 4.16. The van der Waals surface area contributed by atoms with Crippen molar-refractivity contribution < 1.29 is 9.50 Å². The number of benzene rings is 1. The Morgan fingerprint density at radius 3 is 2.88 bits per heavy atom. The second kappa shape index (κ2) is 3.59. The Morgan fingerprint density at radius 1 is 1.18 bits per heavy atom. The molecule has 0 aliphatic rings. The number of hydrogen-bond acceptors (Lipinski definition) is 2. The molecule has 17 heavy (non-hydrogen) atoms. The van der Waals surface area contributed by atoms with Gasteiger partial charge in [0.05, 0.1) is 5.69 Å². The van der Waals surface area contributed by atoms with Gasteiger partial charge in [-0.2, -0.15) is 0 Å². The lowest BCUT2D eigenvalue weighted by molar-refractivity contribution is 0.471. The third-order valence-electron chi connectivity index (χ3n) is 2.66. The van der Waals surface area contributed by atoms with Crippen LogP contribution in [-0.4, -0.2) is 14.5 Å². The number of aromatic hydroxyl groups is 1. The molecule has 0 unspecified atom stereocenters. The average molecular weight is 228 g/mol. The number of phenolic OH excluding ortho intramolecular Hbond substituents is 1. The van der Waals surface area contributed by atoms with Crippen LogP contribution in [0.3, 0.4) is 0 Å². The third-order valence-corrected chi connectivity index (χ3v) is 2.66. The summed E-state index contributed by atoms with van der Waals surface area (Å²) in [6, 6.07) is 9.54. The van der Waals surface area contributed by atoms with E-state index in [1.54, 1.807) is 18.5 Å². The number of halogens is 1. The molecule has 0 bridgehead atoms. The van der Waals surface area contributed by atoms with Gasteiger partial charge < -0.3 is 5.11 Å². The minimum Gasteiger partial charge on any atom is -0.507 e. The van der Waals surface area contributed by atoms with Crippen molar-refractivity contribution in [2.75, 3.05) is 0 Å². The maximum atomic E-state index is 12.9. The van der Waals surface area contributed by atoms with Gasteiger partial charge in [0.25, 0.3) is 0 Å². The van der Waals surface area contributed by atoms with Gasteiger partial charge in [-0.15, -0.1) is 0 Å². The Balaban J connectivity index is 2.30. The smallest absolute Gasteiger partial charge is 0.137 e. The first-order valence-electron chi connectivity index (χ1n) is 5.17. The molecule has 0 aliphatic carbocycles. The fourth-order valence-corrected chi connectivity index (χ4v) is 1.89. The van der Waals surface area contributed by atoms with Crippen LogP contribution >= 0.6 is 0 Å². The van der Waals surface area contributed by atoms with Crippen LogP contribution in [0.5, 0.6) is 5.75 Å². The van der Waals surface area contributed by atoms with E-state index in [-0.39, 0.29) is 5.75 Å². The third kappa shape index (κ3) is 1.54. The maximum Gasteiger partial charge on any atom is 0.137 e. The van der Waals surface area contributed by atoms with Crippen LogP contribution in [0.1, 0.15) is 0 Å². The second-order valence-corrected chi connectivity index (χ2v) is 3.73. The zero-order valence-electron chi connectivity index (χ0n) is 8.84. The van der Waals surface area contributed by atoms with Gasteiger partial charge in [-0.1, -0.05) is 6.07 Å². The Hall–Kier alpha value is -2.36. The van der Waals surface area contributed by atoms with Gasteiger partial charge in [0, 0.05) is 24.0 Å². The quantitative estimate of drug-likeness (QED) is 0.695. The van der Waals surface area contributed by atoms with Crippen molar-refractivity contribution in [2.24, 2.45) is 0 Å². The molecule has 1 aromatic carbocycles. The van der Waals surface area contributed by atoms with Crippen LogP contribution in [0.25, 0.3) is 16.9 Å². The zero-order valence-corrected chi connectivity index (χ0v) is 8.84. The molecule has 2 heterocycles. The maximum absolute atomic E-state index is 12.9. The fourth-order valence-electron chi connectivity index (χ4n) is 1.89. The summed E-state index contributed by atoms with van der Waals surface area (Å²) < 4.78 is 14.8. The molecule has 1 N–H and O–H groups in total. The normalized spacial score (nSPS) is 10.9. The molecule has 84 valence electrons. The number of imidazole rings is 1. The Kier molecular flexibility index (Phi) is 2.08. The van der Waals surface area contributed by atoms with Crippen molar-refractivity contribution in [1.82, 2.24) is 9.38 Å². The van der Waals surface area contributed by atoms with Gasteiger partial charge >= 0.3 is 0 Å². The highest BCUT2D eigenvalue weighted by molar-refractivity contribution is 5.69. The summed E-state index contributed by atoms with van der Waals surface area (Å²) in [7, 11) is 0. The van der Waals surface area contributed by atoms with Gasteiger partial charge in [-0.25, -0.2) is 9.37 Å². The molecule has 3 nitrogen and oxygen atoms in total. The number of phenols is 1. The molecule has 0 amide bonds. The predicted molar refractivity (Wildman–Crippen MR) is 62.3 cm³/mol. The van der Waals surface area contributed by atoms with Crippen molar-refractivity contribution in [3.8, 4) is 17.0 Å². The molecule has 3 rings (SSSR count). The first-order valence-corrected chi connectivity index (χ1v) is 5.17. The van der Waals surface area contributed by atoms with E-state index >= 15 is 0 Å². The van der Waals surface area contributed by atoms with Crippen LogP contribution < -0.4 is 0 Å². The van der Waals surface area contributed by atoms with Crippen molar-refractivity contribution in [1.29, 1.82) is 0 Å². The van der Waals surface area contributed by atoms with Gasteiger partial charge in [-0.05, 0) is 24.3 Å². The largest absolute Gasteiger partial charge is 0.507 e. The predicted octanol–water partition coefficient (Wildman–Crippen LogP) is 2.85. The van der Waals surface area contributed by atoms with Crippen molar-refractivity contribution in [2.45, 2.75) is 0 Å². The van der Waals surface area contributed by atoms with E-state index in [1.807, 2.05) is 22.6 Å². The Labute approximate surface area is 96.8 Å². The first-order chi connectivity index (χ1) is 8.25. The van der Waals surface area contributed by atoms with E-state index in [2.05, 4.69) is 4.98 Å². The summed E-state index contributed by atoms with van der Waals surface area (Å²) in [6.07, 6.45) is 3.48. The minimum atomic E-state index is -0.455. The van der Waals surface area contributed by atoms with Crippen LogP contribution in [0.4, 0.5) is 4.39 Å². The van der Waals surface area contributed by atoms with Crippen molar-refractivity contribution in [3.05, 3.63) is 54.6 Å². The lowest BCUT2D eigenvalue weighted by Gasteiger charge is -2.07. The molecular formula is C13H9FN2O. The number of aromatic nitrogens is 2. The van der Waals surface area contributed by atoms with E-state index in [0.29, 0.717) is 5.56 Å². The molecule has 0 atom stereocenters. The molecule has 0 aliphatic heterocycles. The summed E-state index contributed by atoms with van der Waals surface area (Å²) in [5, 5.41) is 9.77. The molecular weight excluding hydrogens is 219 g/mol. The van der Waals surface area contributed by atoms with E-state index < -0.39 is 5.82 Å². The number of fused-ring (bicyclic) bond motifs is 1. The molecule has 4 heteroatoms. The Bertz CT molecular complexity index is 691. The van der Waals surface area contributed by atoms with Crippen molar-refractivity contribution >= 4 is 5.65 Å². The average Bonchev–Trinajstić information content (AvgIpc) is 2.77. The van der Waals surface area contributed by atoms with Crippen molar-refractivity contribution in [3.63, 3.8) is 0 Å². The van der Waals surface area contributed by atoms with Gasteiger partial charge in [0.15, 0.2) is 0 Å². The zero-order chi connectivity index (χ0) is 11.8. The topological polar surface area (TPSA) is 37.5 Å². The van der Waals surface area contributed by atoms with Crippen LogP contribution in [0.2, 0.25) is 0 Å². The van der Waals surface area contributed by atoms with Gasteiger partial charge in [-0.3, -0.25) is 4.40 Å². The molecule has 0 spiro atoms.